The Morgan fingerprint density at radius 2 is 1.92 bits per heavy atom. The molecule has 0 unspecified atom stereocenters. The van der Waals surface area contributed by atoms with Crippen molar-refractivity contribution in [3.8, 4) is 0 Å². The van der Waals surface area contributed by atoms with Crippen molar-refractivity contribution in [1.82, 2.24) is 0 Å². The van der Waals surface area contributed by atoms with E-state index in [0.717, 1.165) is 0 Å². The van der Waals surface area contributed by atoms with E-state index in [1.54, 1.807) is 24.3 Å². The standard InChI is InChI=1S/C7H8ClNO2S/c8-7-4-2-1-3-6(7)5-12(9,10)11/h1-4H,5H2,(H2,9,10,11). The fourth-order valence-corrected chi connectivity index (χ4v) is 1.80. The summed E-state index contributed by atoms with van der Waals surface area (Å²) in [5.74, 6) is -0.216. The van der Waals surface area contributed by atoms with Crippen LogP contribution in [0.15, 0.2) is 24.3 Å². The normalized spacial score (nSPS) is 11.5. The third-order valence-corrected chi connectivity index (χ3v) is 2.40. The average molecular weight is 206 g/mol. The van der Waals surface area contributed by atoms with Crippen LogP contribution in [0.1, 0.15) is 5.56 Å². The first-order chi connectivity index (χ1) is 5.49. The molecule has 0 atom stereocenters. The van der Waals surface area contributed by atoms with Crippen LogP contribution < -0.4 is 5.14 Å². The number of benzene rings is 1. The van der Waals surface area contributed by atoms with E-state index < -0.39 is 10.0 Å². The Morgan fingerprint density at radius 1 is 1.33 bits per heavy atom. The number of primary sulfonamides is 1. The van der Waals surface area contributed by atoms with Crippen LogP contribution in [0, 0.1) is 0 Å². The topological polar surface area (TPSA) is 60.2 Å². The van der Waals surface area contributed by atoms with Crippen molar-refractivity contribution >= 4 is 21.6 Å². The SMILES string of the molecule is NS(=O)(=O)Cc1ccccc1Cl. The lowest BCUT2D eigenvalue weighted by Crippen LogP contribution is -2.14. The second-order valence-corrected chi connectivity index (χ2v) is 4.42. The van der Waals surface area contributed by atoms with E-state index in [1.165, 1.54) is 0 Å². The van der Waals surface area contributed by atoms with Gasteiger partial charge in [0.25, 0.3) is 0 Å². The summed E-state index contributed by atoms with van der Waals surface area (Å²) in [5, 5.41) is 5.27. The minimum atomic E-state index is -3.48. The molecule has 12 heavy (non-hydrogen) atoms. The summed E-state index contributed by atoms with van der Waals surface area (Å²) in [6.07, 6.45) is 0. The van der Waals surface area contributed by atoms with Gasteiger partial charge in [-0.3, -0.25) is 0 Å². The van der Waals surface area contributed by atoms with Crippen molar-refractivity contribution in [2.24, 2.45) is 5.14 Å². The number of rotatable bonds is 2. The van der Waals surface area contributed by atoms with Gasteiger partial charge in [0.15, 0.2) is 0 Å². The molecule has 1 aromatic rings. The van der Waals surface area contributed by atoms with Crippen molar-refractivity contribution in [3.05, 3.63) is 34.9 Å². The Balaban J connectivity index is 2.98. The Labute approximate surface area is 76.2 Å². The third kappa shape index (κ3) is 2.81. The van der Waals surface area contributed by atoms with E-state index >= 15 is 0 Å². The van der Waals surface area contributed by atoms with Gasteiger partial charge < -0.3 is 0 Å². The van der Waals surface area contributed by atoms with Crippen molar-refractivity contribution < 1.29 is 8.42 Å². The maximum atomic E-state index is 10.7. The molecule has 0 fully saturated rings. The Morgan fingerprint density at radius 3 is 2.42 bits per heavy atom. The van der Waals surface area contributed by atoms with Gasteiger partial charge in [-0.25, -0.2) is 13.6 Å². The molecule has 0 spiro atoms. The molecule has 0 bridgehead atoms. The van der Waals surface area contributed by atoms with Crippen LogP contribution >= 0.6 is 11.6 Å². The van der Waals surface area contributed by atoms with Gasteiger partial charge in [-0.15, -0.1) is 0 Å². The Kier molecular flexibility index (Phi) is 2.72. The smallest absolute Gasteiger partial charge is 0.213 e. The molecule has 0 heterocycles. The van der Waals surface area contributed by atoms with Crippen molar-refractivity contribution in [3.63, 3.8) is 0 Å². The summed E-state index contributed by atoms with van der Waals surface area (Å²) in [5.41, 5.74) is 0.529. The summed E-state index contributed by atoms with van der Waals surface area (Å²) in [6, 6.07) is 6.70. The number of nitrogens with two attached hydrogens (primary N) is 1. The molecule has 2 N–H and O–H groups in total. The number of hydrogen-bond donors (Lipinski definition) is 1. The van der Waals surface area contributed by atoms with Crippen LogP contribution in [0.25, 0.3) is 0 Å². The maximum Gasteiger partial charge on any atom is 0.213 e. The second-order valence-electron chi connectivity index (χ2n) is 2.40. The lowest BCUT2D eigenvalue weighted by Gasteiger charge is -2.00. The highest BCUT2D eigenvalue weighted by Crippen LogP contribution is 2.16. The molecule has 0 aliphatic heterocycles. The lowest BCUT2D eigenvalue weighted by atomic mass is 10.2. The molecule has 66 valence electrons. The van der Waals surface area contributed by atoms with Gasteiger partial charge in [0.1, 0.15) is 0 Å². The van der Waals surface area contributed by atoms with E-state index in [0.29, 0.717) is 10.6 Å². The van der Waals surface area contributed by atoms with Crippen LogP contribution in [0.3, 0.4) is 0 Å². The lowest BCUT2D eigenvalue weighted by molar-refractivity contribution is 0.597. The van der Waals surface area contributed by atoms with Crippen molar-refractivity contribution in [2.45, 2.75) is 5.75 Å². The average Bonchev–Trinajstić information content (AvgIpc) is 1.91. The third-order valence-electron chi connectivity index (χ3n) is 1.31. The van der Waals surface area contributed by atoms with E-state index in [2.05, 4.69) is 0 Å². The predicted molar refractivity (Wildman–Crippen MR) is 48.3 cm³/mol. The first kappa shape index (κ1) is 9.51. The zero-order chi connectivity index (χ0) is 9.19. The van der Waals surface area contributed by atoms with Gasteiger partial charge in [-0.2, -0.15) is 0 Å². The van der Waals surface area contributed by atoms with Crippen LogP contribution in [0.5, 0.6) is 0 Å². The summed E-state index contributed by atoms with van der Waals surface area (Å²) in [4.78, 5) is 0. The van der Waals surface area contributed by atoms with Gasteiger partial charge in [0.05, 0.1) is 5.75 Å². The highest BCUT2D eigenvalue weighted by Gasteiger charge is 2.07. The van der Waals surface area contributed by atoms with Gasteiger partial charge in [-0.1, -0.05) is 29.8 Å². The molecule has 3 nitrogen and oxygen atoms in total. The van der Waals surface area contributed by atoms with E-state index in [4.69, 9.17) is 16.7 Å². The molecule has 5 heteroatoms. The maximum absolute atomic E-state index is 10.7. The molecular formula is C7H8ClNO2S. The van der Waals surface area contributed by atoms with E-state index in [9.17, 15) is 8.42 Å². The summed E-state index contributed by atoms with van der Waals surface area (Å²) < 4.78 is 21.3. The highest BCUT2D eigenvalue weighted by atomic mass is 35.5. The quantitative estimate of drug-likeness (QED) is 0.787. The summed E-state index contributed by atoms with van der Waals surface area (Å²) in [6.45, 7) is 0. The molecule has 1 aromatic carbocycles. The van der Waals surface area contributed by atoms with Gasteiger partial charge >= 0.3 is 0 Å². The van der Waals surface area contributed by atoms with Crippen LogP contribution in [-0.2, 0) is 15.8 Å². The minimum absolute atomic E-state index is 0.216. The van der Waals surface area contributed by atoms with E-state index in [-0.39, 0.29) is 5.75 Å². The first-order valence-corrected chi connectivity index (χ1v) is 5.32. The largest absolute Gasteiger partial charge is 0.228 e. The Hall–Kier alpha value is -0.580. The van der Waals surface area contributed by atoms with Gasteiger partial charge in [0, 0.05) is 5.02 Å². The number of halogens is 1. The fraction of sp³-hybridized carbons (Fsp3) is 0.143. The molecule has 0 amide bonds. The van der Waals surface area contributed by atoms with Gasteiger partial charge in [-0.05, 0) is 11.6 Å². The fourth-order valence-electron chi connectivity index (χ4n) is 0.832. The van der Waals surface area contributed by atoms with Crippen LogP contribution in [0.2, 0.25) is 5.02 Å². The molecule has 0 aromatic heterocycles. The molecule has 0 saturated carbocycles. The molecular weight excluding hydrogens is 198 g/mol. The highest BCUT2D eigenvalue weighted by molar-refractivity contribution is 7.88. The number of sulfonamides is 1. The molecule has 0 radical (unpaired) electrons. The molecule has 0 aliphatic carbocycles. The molecule has 1 rings (SSSR count). The zero-order valence-corrected chi connectivity index (χ0v) is 7.77. The van der Waals surface area contributed by atoms with Crippen LogP contribution in [0.4, 0.5) is 0 Å². The van der Waals surface area contributed by atoms with Crippen LogP contribution in [-0.4, -0.2) is 8.42 Å². The summed E-state index contributed by atoms with van der Waals surface area (Å²) in [7, 11) is -3.48. The minimum Gasteiger partial charge on any atom is -0.228 e. The van der Waals surface area contributed by atoms with Gasteiger partial charge in [0.2, 0.25) is 10.0 Å². The Bertz CT molecular complexity index is 375. The zero-order valence-electron chi connectivity index (χ0n) is 6.20. The van der Waals surface area contributed by atoms with Crippen molar-refractivity contribution in [2.75, 3.05) is 0 Å². The second kappa shape index (κ2) is 3.43. The summed E-state index contributed by atoms with van der Waals surface area (Å²) >= 11 is 5.71. The van der Waals surface area contributed by atoms with Crippen molar-refractivity contribution in [1.29, 1.82) is 0 Å². The van der Waals surface area contributed by atoms with E-state index in [1.807, 2.05) is 0 Å². The predicted octanol–water partition coefficient (Wildman–Crippen LogP) is 1.13. The first-order valence-electron chi connectivity index (χ1n) is 3.23. The molecule has 0 aliphatic rings. The number of hydrogen-bond acceptors (Lipinski definition) is 2. The molecule has 0 saturated heterocycles. The monoisotopic (exact) mass is 205 g/mol.